The third-order valence-electron chi connectivity index (χ3n) is 4.44. The molecule has 0 aliphatic carbocycles. The van der Waals surface area contributed by atoms with Gasteiger partial charge in [-0.3, -0.25) is 0 Å². The fraction of sp³-hybridized carbons (Fsp3) is 0.625. The van der Waals surface area contributed by atoms with Crippen LogP contribution in [0.3, 0.4) is 0 Å². The number of rotatable bonds is 3. The quantitative estimate of drug-likeness (QED) is 0.846. The zero-order valence-corrected chi connectivity index (χ0v) is 16.1. The van der Waals surface area contributed by atoms with Crippen molar-refractivity contribution in [1.82, 2.24) is 13.9 Å². The summed E-state index contributed by atoms with van der Waals surface area (Å²) < 4.78 is 48.5. The maximum absolute atomic E-state index is 13.6. The van der Waals surface area contributed by atoms with E-state index in [1.807, 2.05) is 13.8 Å². The summed E-state index contributed by atoms with van der Waals surface area (Å²) in [5, 5.41) is 3.20. The molecule has 1 atom stereocenters. The van der Waals surface area contributed by atoms with Gasteiger partial charge in [0.05, 0.1) is 18.2 Å². The smallest absolute Gasteiger partial charge is 0.282 e. The van der Waals surface area contributed by atoms with E-state index in [9.17, 15) is 12.8 Å². The lowest BCUT2D eigenvalue weighted by molar-refractivity contribution is -0.0656. The van der Waals surface area contributed by atoms with Crippen molar-refractivity contribution in [3.63, 3.8) is 0 Å². The number of nitrogens with one attached hydrogen (secondary N) is 1. The van der Waals surface area contributed by atoms with Crippen LogP contribution in [0.2, 0.25) is 0 Å². The van der Waals surface area contributed by atoms with Crippen molar-refractivity contribution in [3.05, 3.63) is 35.6 Å². The summed E-state index contributed by atoms with van der Waals surface area (Å²) in [7, 11) is -3.64. The lowest BCUT2D eigenvalue weighted by Gasteiger charge is -2.42. The summed E-state index contributed by atoms with van der Waals surface area (Å²) in [6.45, 7) is 6.22. The van der Waals surface area contributed by atoms with Crippen LogP contribution in [0.15, 0.2) is 24.3 Å². The van der Waals surface area contributed by atoms with E-state index >= 15 is 0 Å². The van der Waals surface area contributed by atoms with E-state index < -0.39 is 21.9 Å². The topological polar surface area (TPSA) is 61.9 Å². The van der Waals surface area contributed by atoms with Gasteiger partial charge in [0.15, 0.2) is 0 Å². The Balaban J connectivity index is 0.00000225. The highest BCUT2D eigenvalue weighted by Crippen LogP contribution is 2.29. The largest absolute Gasteiger partial charge is 0.373 e. The Kier molecular flexibility index (Phi) is 6.45. The van der Waals surface area contributed by atoms with Gasteiger partial charge in [0.1, 0.15) is 5.82 Å². The van der Waals surface area contributed by atoms with Gasteiger partial charge in [0.2, 0.25) is 0 Å². The first-order valence-corrected chi connectivity index (χ1v) is 9.56. The van der Waals surface area contributed by atoms with Gasteiger partial charge in [-0.05, 0) is 31.5 Å². The second-order valence-corrected chi connectivity index (χ2v) is 8.72. The second-order valence-electron chi connectivity index (χ2n) is 6.84. The molecule has 2 aliphatic rings. The lowest BCUT2D eigenvalue weighted by atomic mass is 10.1. The van der Waals surface area contributed by atoms with E-state index in [0.29, 0.717) is 44.9 Å². The van der Waals surface area contributed by atoms with Crippen molar-refractivity contribution in [1.29, 1.82) is 0 Å². The summed E-state index contributed by atoms with van der Waals surface area (Å²) in [6.07, 6.45) is 0. The highest BCUT2D eigenvalue weighted by molar-refractivity contribution is 7.86. The van der Waals surface area contributed by atoms with E-state index in [-0.39, 0.29) is 18.2 Å². The first kappa shape index (κ1) is 20.5. The number of piperazine rings is 1. The number of morpholine rings is 1. The highest BCUT2D eigenvalue weighted by Gasteiger charge is 2.41. The van der Waals surface area contributed by atoms with E-state index in [0.717, 1.165) is 0 Å². The van der Waals surface area contributed by atoms with E-state index in [2.05, 4.69) is 5.32 Å². The maximum Gasteiger partial charge on any atom is 0.282 e. The summed E-state index contributed by atoms with van der Waals surface area (Å²) in [6, 6.07) is 5.74. The molecule has 6 nitrogen and oxygen atoms in total. The van der Waals surface area contributed by atoms with Gasteiger partial charge in [-0.15, -0.1) is 12.4 Å². The SMILES string of the molecule is CC1(C)CN(S(=O)(=O)N2CCNCC2c2cccc(F)c2)CCO1.Cl. The van der Waals surface area contributed by atoms with Gasteiger partial charge in [0, 0.05) is 32.7 Å². The Morgan fingerprint density at radius 1 is 1.32 bits per heavy atom. The van der Waals surface area contributed by atoms with Crippen LogP contribution in [0, 0.1) is 5.82 Å². The van der Waals surface area contributed by atoms with Crippen LogP contribution < -0.4 is 5.32 Å². The summed E-state index contributed by atoms with van der Waals surface area (Å²) in [5.41, 5.74) is 0.159. The van der Waals surface area contributed by atoms with E-state index in [1.165, 1.54) is 20.7 Å². The molecule has 0 aromatic heterocycles. The van der Waals surface area contributed by atoms with Crippen molar-refractivity contribution >= 4 is 22.6 Å². The molecule has 0 amide bonds. The number of nitrogens with zero attached hydrogens (tertiary/aromatic N) is 2. The minimum atomic E-state index is -3.64. The van der Waals surface area contributed by atoms with Crippen molar-refractivity contribution in [3.8, 4) is 0 Å². The molecule has 1 N–H and O–H groups in total. The van der Waals surface area contributed by atoms with Crippen molar-refractivity contribution in [2.24, 2.45) is 0 Å². The van der Waals surface area contributed by atoms with Crippen LogP contribution in [-0.4, -0.2) is 62.0 Å². The van der Waals surface area contributed by atoms with Crippen LogP contribution in [0.4, 0.5) is 4.39 Å². The van der Waals surface area contributed by atoms with Crippen LogP contribution in [0.1, 0.15) is 25.5 Å². The summed E-state index contributed by atoms with van der Waals surface area (Å²) in [4.78, 5) is 0. The molecule has 0 spiro atoms. The number of ether oxygens (including phenoxy) is 1. The second kappa shape index (κ2) is 7.85. The zero-order valence-electron chi connectivity index (χ0n) is 14.4. The molecule has 1 unspecified atom stereocenters. The predicted octanol–water partition coefficient (Wildman–Crippen LogP) is 1.55. The van der Waals surface area contributed by atoms with E-state index in [1.54, 1.807) is 12.1 Å². The van der Waals surface area contributed by atoms with Crippen LogP contribution in [0.5, 0.6) is 0 Å². The lowest BCUT2D eigenvalue weighted by Crippen LogP contribution is -2.58. The number of hydrogen-bond acceptors (Lipinski definition) is 4. The molecule has 142 valence electrons. The number of halogens is 2. The normalized spacial score (nSPS) is 25.3. The van der Waals surface area contributed by atoms with Gasteiger partial charge in [0.25, 0.3) is 10.2 Å². The van der Waals surface area contributed by atoms with Crippen LogP contribution >= 0.6 is 12.4 Å². The summed E-state index contributed by atoms with van der Waals surface area (Å²) >= 11 is 0. The molecule has 3 rings (SSSR count). The molecule has 0 radical (unpaired) electrons. The van der Waals surface area contributed by atoms with Crippen LogP contribution in [0.25, 0.3) is 0 Å². The minimum Gasteiger partial charge on any atom is -0.373 e. The van der Waals surface area contributed by atoms with Crippen molar-refractivity contribution < 1.29 is 17.5 Å². The molecular weight excluding hydrogens is 369 g/mol. The molecule has 1 aromatic carbocycles. The molecule has 0 bridgehead atoms. The zero-order chi connectivity index (χ0) is 17.4. The van der Waals surface area contributed by atoms with Gasteiger partial charge in [-0.1, -0.05) is 12.1 Å². The van der Waals surface area contributed by atoms with Gasteiger partial charge >= 0.3 is 0 Å². The molecule has 2 aliphatic heterocycles. The molecule has 9 heteroatoms. The first-order valence-electron chi connectivity index (χ1n) is 8.17. The Bertz CT molecular complexity index is 702. The first-order chi connectivity index (χ1) is 11.3. The third kappa shape index (κ3) is 4.50. The van der Waals surface area contributed by atoms with Crippen molar-refractivity contribution in [2.75, 3.05) is 39.3 Å². The minimum absolute atomic E-state index is 0. The Morgan fingerprint density at radius 3 is 2.76 bits per heavy atom. The average Bonchev–Trinajstić information content (AvgIpc) is 2.54. The van der Waals surface area contributed by atoms with Gasteiger partial charge in [-0.25, -0.2) is 4.39 Å². The highest BCUT2D eigenvalue weighted by atomic mass is 35.5. The molecule has 1 aromatic rings. The molecule has 2 saturated heterocycles. The molecule has 2 fully saturated rings. The van der Waals surface area contributed by atoms with Gasteiger partial charge < -0.3 is 10.1 Å². The Morgan fingerprint density at radius 2 is 2.08 bits per heavy atom. The molecule has 25 heavy (non-hydrogen) atoms. The predicted molar refractivity (Wildman–Crippen MR) is 96.5 cm³/mol. The molecular formula is C16H25ClFN3O3S. The Labute approximate surface area is 154 Å². The van der Waals surface area contributed by atoms with Crippen LogP contribution in [-0.2, 0) is 14.9 Å². The van der Waals surface area contributed by atoms with E-state index in [4.69, 9.17) is 4.74 Å². The Hall–Kier alpha value is -0.770. The summed E-state index contributed by atoms with van der Waals surface area (Å²) in [5.74, 6) is -0.358. The maximum atomic E-state index is 13.6. The number of benzene rings is 1. The number of hydrogen-bond donors (Lipinski definition) is 1. The molecule has 2 heterocycles. The third-order valence-corrected chi connectivity index (χ3v) is 6.43. The fourth-order valence-electron chi connectivity index (χ4n) is 3.28. The fourth-order valence-corrected chi connectivity index (χ4v) is 5.19. The van der Waals surface area contributed by atoms with Gasteiger partial charge in [-0.2, -0.15) is 17.0 Å². The average molecular weight is 394 g/mol. The monoisotopic (exact) mass is 393 g/mol. The molecule has 0 saturated carbocycles. The van der Waals surface area contributed by atoms with Crippen molar-refractivity contribution in [2.45, 2.75) is 25.5 Å². The standard InChI is InChI=1S/C16H24FN3O3S.ClH/c1-16(2)12-19(8-9-23-16)24(21,22)20-7-6-18-11-15(20)13-4-3-5-14(17)10-13;/h3-5,10,15,18H,6-9,11-12H2,1-2H3;1H.